The number of aromatic amines is 1. The van der Waals surface area contributed by atoms with E-state index in [4.69, 9.17) is 0 Å². The third-order valence-electron chi connectivity index (χ3n) is 4.48. The summed E-state index contributed by atoms with van der Waals surface area (Å²) in [6.45, 7) is 2.81. The van der Waals surface area contributed by atoms with E-state index in [9.17, 15) is 14.7 Å². The minimum atomic E-state index is -0.997. The quantitative estimate of drug-likeness (QED) is 0.902. The Balaban J connectivity index is 2.12. The first kappa shape index (κ1) is 13.0. The average molecular weight is 274 g/mol. The Labute approximate surface area is 116 Å². The normalized spacial score (nSPS) is 22.4. The van der Waals surface area contributed by atoms with Crippen molar-refractivity contribution in [2.45, 2.75) is 32.7 Å². The van der Waals surface area contributed by atoms with Crippen molar-refractivity contribution in [2.75, 3.05) is 0 Å². The van der Waals surface area contributed by atoms with Crippen LogP contribution in [0.5, 0.6) is 0 Å². The van der Waals surface area contributed by atoms with Crippen LogP contribution >= 0.6 is 0 Å². The molecule has 2 aromatic rings. The molecule has 3 rings (SSSR count). The summed E-state index contributed by atoms with van der Waals surface area (Å²) in [6, 6.07) is 4.95. The number of aromatic carboxylic acids is 1. The number of aromatic nitrogens is 2. The molecule has 106 valence electrons. The molecule has 1 heterocycles. The largest absolute Gasteiger partial charge is 0.478 e. The third-order valence-corrected chi connectivity index (χ3v) is 4.48. The molecule has 1 fully saturated rings. The first-order chi connectivity index (χ1) is 9.58. The van der Waals surface area contributed by atoms with Gasteiger partial charge in [0.05, 0.1) is 16.6 Å². The van der Waals surface area contributed by atoms with E-state index in [1.54, 1.807) is 22.8 Å². The van der Waals surface area contributed by atoms with Gasteiger partial charge in [-0.15, -0.1) is 0 Å². The molecule has 1 aromatic heterocycles. The van der Waals surface area contributed by atoms with Crippen LogP contribution in [0.15, 0.2) is 23.0 Å². The molecule has 0 aliphatic heterocycles. The molecule has 5 heteroatoms. The van der Waals surface area contributed by atoms with E-state index in [1.807, 2.05) is 0 Å². The summed E-state index contributed by atoms with van der Waals surface area (Å²) in [6.07, 6.45) is 3.48. The van der Waals surface area contributed by atoms with Crippen molar-refractivity contribution in [1.82, 2.24) is 9.55 Å². The molecular weight excluding hydrogens is 256 g/mol. The van der Waals surface area contributed by atoms with E-state index in [0.29, 0.717) is 29.4 Å². The van der Waals surface area contributed by atoms with E-state index in [1.165, 1.54) is 12.8 Å². The number of carbonyl (C=O) groups is 1. The summed E-state index contributed by atoms with van der Waals surface area (Å²) >= 11 is 0. The van der Waals surface area contributed by atoms with Gasteiger partial charge in [0.25, 0.3) is 0 Å². The Morgan fingerprint density at radius 3 is 2.90 bits per heavy atom. The molecule has 1 aliphatic rings. The molecule has 0 bridgehead atoms. The molecule has 20 heavy (non-hydrogen) atoms. The van der Waals surface area contributed by atoms with E-state index < -0.39 is 5.97 Å². The van der Waals surface area contributed by atoms with Gasteiger partial charge in [-0.3, -0.25) is 4.57 Å². The van der Waals surface area contributed by atoms with Gasteiger partial charge in [-0.05, 0) is 30.4 Å². The monoisotopic (exact) mass is 274 g/mol. The van der Waals surface area contributed by atoms with Gasteiger partial charge in [0.15, 0.2) is 0 Å². The molecule has 2 N–H and O–H groups in total. The highest BCUT2D eigenvalue weighted by Gasteiger charge is 2.25. The van der Waals surface area contributed by atoms with Crippen molar-refractivity contribution >= 4 is 17.0 Å². The molecule has 1 saturated carbocycles. The zero-order chi connectivity index (χ0) is 14.3. The number of para-hydroxylation sites is 1. The standard InChI is InChI=1S/C15H18N2O3/c1-9-4-2-5-10(9)8-17-13-11(14(18)19)6-3-7-12(13)16-15(17)20/h3,6-7,9-10H,2,4-5,8H2,1H3,(H,16,20)(H,18,19). The molecule has 1 aliphatic carbocycles. The maximum absolute atomic E-state index is 12.1. The highest BCUT2D eigenvalue weighted by molar-refractivity contribution is 6.01. The Hall–Kier alpha value is -2.04. The van der Waals surface area contributed by atoms with Crippen LogP contribution in [-0.2, 0) is 6.54 Å². The lowest BCUT2D eigenvalue weighted by Gasteiger charge is -2.16. The minimum absolute atomic E-state index is 0.187. The second-order valence-electron chi connectivity index (χ2n) is 5.72. The van der Waals surface area contributed by atoms with Crippen molar-refractivity contribution in [1.29, 1.82) is 0 Å². The number of rotatable bonds is 3. The van der Waals surface area contributed by atoms with Crippen molar-refractivity contribution in [3.8, 4) is 0 Å². The Kier molecular flexibility index (Phi) is 3.12. The summed E-state index contributed by atoms with van der Waals surface area (Å²) < 4.78 is 1.60. The summed E-state index contributed by atoms with van der Waals surface area (Å²) in [5.41, 5.74) is 1.09. The number of nitrogens with zero attached hydrogens (tertiary/aromatic N) is 1. The smallest absolute Gasteiger partial charge is 0.337 e. The molecule has 2 atom stereocenters. The van der Waals surface area contributed by atoms with Gasteiger partial charge in [0, 0.05) is 6.54 Å². The maximum Gasteiger partial charge on any atom is 0.337 e. The van der Waals surface area contributed by atoms with Crippen molar-refractivity contribution < 1.29 is 9.90 Å². The molecular formula is C15H18N2O3. The Morgan fingerprint density at radius 1 is 1.45 bits per heavy atom. The minimum Gasteiger partial charge on any atom is -0.478 e. The lowest BCUT2D eigenvalue weighted by molar-refractivity contribution is 0.0698. The molecule has 0 spiro atoms. The fraction of sp³-hybridized carbons (Fsp3) is 0.467. The molecule has 0 radical (unpaired) electrons. The SMILES string of the molecule is CC1CCCC1Cn1c(=O)[nH]c2cccc(C(=O)O)c21. The number of nitrogens with one attached hydrogen (secondary N) is 1. The predicted octanol–water partition coefficient (Wildman–Crippen LogP) is 2.46. The van der Waals surface area contributed by atoms with Crippen LogP contribution in [0, 0.1) is 11.8 Å². The van der Waals surface area contributed by atoms with Crippen molar-refractivity contribution in [3.05, 3.63) is 34.2 Å². The number of hydrogen-bond donors (Lipinski definition) is 2. The van der Waals surface area contributed by atoms with Crippen LogP contribution in [0.3, 0.4) is 0 Å². The molecule has 0 amide bonds. The molecule has 0 saturated heterocycles. The zero-order valence-electron chi connectivity index (χ0n) is 11.4. The fourth-order valence-corrected chi connectivity index (χ4v) is 3.29. The molecule has 2 unspecified atom stereocenters. The number of H-pyrrole nitrogens is 1. The number of carboxylic acids is 1. The second-order valence-corrected chi connectivity index (χ2v) is 5.72. The van der Waals surface area contributed by atoms with Gasteiger partial charge < -0.3 is 10.1 Å². The van der Waals surface area contributed by atoms with Gasteiger partial charge in [-0.25, -0.2) is 9.59 Å². The molecule has 1 aromatic carbocycles. The van der Waals surface area contributed by atoms with E-state index in [-0.39, 0.29) is 11.3 Å². The van der Waals surface area contributed by atoms with Crippen LogP contribution < -0.4 is 5.69 Å². The number of fused-ring (bicyclic) bond motifs is 1. The first-order valence-corrected chi connectivity index (χ1v) is 7.02. The lowest BCUT2D eigenvalue weighted by Crippen LogP contribution is -2.23. The van der Waals surface area contributed by atoms with Gasteiger partial charge in [0.1, 0.15) is 0 Å². The van der Waals surface area contributed by atoms with Gasteiger partial charge >= 0.3 is 11.7 Å². The van der Waals surface area contributed by atoms with Crippen molar-refractivity contribution in [3.63, 3.8) is 0 Å². The number of hydrogen-bond acceptors (Lipinski definition) is 2. The van der Waals surface area contributed by atoms with E-state index >= 15 is 0 Å². The van der Waals surface area contributed by atoms with Crippen LogP contribution in [0.1, 0.15) is 36.5 Å². The second kappa shape index (κ2) is 4.81. The fourth-order valence-electron chi connectivity index (χ4n) is 3.29. The average Bonchev–Trinajstić information content (AvgIpc) is 2.94. The van der Waals surface area contributed by atoms with Crippen molar-refractivity contribution in [2.24, 2.45) is 11.8 Å². The molecule has 5 nitrogen and oxygen atoms in total. The summed E-state index contributed by atoms with van der Waals surface area (Å²) in [7, 11) is 0. The van der Waals surface area contributed by atoms with E-state index in [0.717, 1.165) is 6.42 Å². The third kappa shape index (κ3) is 2.03. The number of carboxylic acid groups (broad SMARTS) is 1. The Bertz CT molecular complexity index is 713. The lowest BCUT2D eigenvalue weighted by atomic mass is 9.98. The maximum atomic E-state index is 12.1. The van der Waals surface area contributed by atoms with Crippen LogP contribution in [0.4, 0.5) is 0 Å². The highest BCUT2D eigenvalue weighted by Crippen LogP contribution is 2.32. The van der Waals surface area contributed by atoms with E-state index in [2.05, 4.69) is 11.9 Å². The predicted molar refractivity (Wildman–Crippen MR) is 76.0 cm³/mol. The van der Waals surface area contributed by atoms with Crippen LogP contribution in [-0.4, -0.2) is 20.6 Å². The van der Waals surface area contributed by atoms with Gasteiger partial charge in [0.2, 0.25) is 0 Å². The van der Waals surface area contributed by atoms with Gasteiger partial charge in [-0.2, -0.15) is 0 Å². The van der Waals surface area contributed by atoms with Gasteiger partial charge in [-0.1, -0.05) is 25.8 Å². The zero-order valence-corrected chi connectivity index (χ0v) is 11.4. The van der Waals surface area contributed by atoms with Crippen LogP contribution in [0.2, 0.25) is 0 Å². The first-order valence-electron chi connectivity index (χ1n) is 7.02. The van der Waals surface area contributed by atoms with Crippen LogP contribution in [0.25, 0.3) is 11.0 Å². The summed E-state index contributed by atoms with van der Waals surface area (Å²) in [5.74, 6) is 0.0419. The Morgan fingerprint density at radius 2 is 2.25 bits per heavy atom. The number of benzene rings is 1. The summed E-state index contributed by atoms with van der Waals surface area (Å²) in [5, 5.41) is 9.30. The summed E-state index contributed by atoms with van der Waals surface area (Å²) in [4.78, 5) is 26.2. The highest BCUT2D eigenvalue weighted by atomic mass is 16.4. The number of imidazole rings is 1. The topological polar surface area (TPSA) is 75.1 Å².